The molecule has 0 aliphatic carbocycles. The molecule has 0 bridgehead atoms. The summed E-state index contributed by atoms with van der Waals surface area (Å²) in [5.41, 5.74) is 7.12. The highest BCUT2D eigenvalue weighted by Crippen LogP contribution is 2.24. The number of imidazole rings is 1. The molecule has 33 heavy (non-hydrogen) atoms. The van der Waals surface area contributed by atoms with Crippen molar-refractivity contribution in [2.75, 3.05) is 24.1 Å². The topological polar surface area (TPSA) is 112 Å². The number of aromatic nitrogens is 2. The quantitative estimate of drug-likeness (QED) is 0.683. The number of carbonyl (C=O) groups is 2. The lowest BCUT2D eigenvalue weighted by atomic mass is 10.1. The van der Waals surface area contributed by atoms with Gasteiger partial charge in [-0.2, -0.15) is 0 Å². The summed E-state index contributed by atoms with van der Waals surface area (Å²) in [6.45, 7) is 12.4. The first-order valence-electron chi connectivity index (χ1n) is 11.2. The summed E-state index contributed by atoms with van der Waals surface area (Å²) < 4.78 is 12.1. The molecular formula is C24H35N5O4. The third kappa shape index (κ3) is 6.63. The van der Waals surface area contributed by atoms with Crippen LogP contribution in [0.5, 0.6) is 0 Å². The average molecular weight is 458 g/mol. The van der Waals surface area contributed by atoms with Crippen LogP contribution in [0.4, 0.5) is 21.2 Å². The van der Waals surface area contributed by atoms with Gasteiger partial charge in [-0.1, -0.05) is 12.1 Å². The van der Waals surface area contributed by atoms with Crippen molar-refractivity contribution in [2.45, 2.75) is 71.6 Å². The Kier molecular flexibility index (Phi) is 6.90. The van der Waals surface area contributed by atoms with E-state index in [0.717, 1.165) is 24.1 Å². The number of nitrogens with one attached hydrogen (secondary N) is 1. The number of hydrogen-bond acceptors (Lipinski definition) is 7. The Balaban J connectivity index is 1.61. The van der Waals surface area contributed by atoms with E-state index in [1.54, 1.807) is 31.9 Å². The van der Waals surface area contributed by atoms with Gasteiger partial charge in [0, 0.05) is 30.5 Å². The van der Waals surface area contributed by atoms with Crippen LogP contribution in [0.2, 0.25) is 0 Å². The molecule has 1 aliphatic rings. The zero-order chi connectivity index (χ0) is 24.4. The maximum absolute atomic E-state index is 12.5. The van der Waals surface area contributed by atoms with Gasteiger partial charge in [0.15, 0.2) is 0 Å². The van der Waals surface area contributed by atoms with E-state index in [4.69, 9.17) is 15.2 Å². The molecule has 0 spiro atoms. The second kappa shape index (κ2) is 9.33. The first-order chi connectivity index (χ1) is 15.3. The first kappa shape index (κ1) is 24.4. The molecule has 1 aliphatic heterocycles. The maximum Gasteiger partial charge on any atom is 0.421 e. The number of hydrogen-bond donors (Lipinski definition) is 2. The van der Waals surface area contributed by atoms with Crippen LogP contribution < -0.4 is 11.1 Å². The van der Waals surface area contributed by atoms with Gasteiger partial charge in [0.25, 0.3) is 0 Å². The Labute approximate surface area is 195 Å². The van der Waals surface area contributed by atoms with Crippen molar-refractivity contribution in [3.05, 3.63) is 30.5 Å². The Morgan fingerprint density at radius 3 is 2.27 bits per heavy atom. The lowest BCUT2D eigenvalue weighted by Crippen LogP contribution is -2.42. The summed E-state index contributed by atoms with van der Waals surface area (Å²) >= 11 is 0. The van der Waals surface area contributed by atoms with E-state index in [1.807, 2.05) is 45.0 Å². The molecule has 1 saturated heterocycles. The van der Waals surface area contributed by atoms with Gasteiger partial charge in [-0.05, 0) is 66.5 Å². The summed E-state index contributed by atoms with van der Waals surface area (Å²) in [7, 11) is 0. The van der Waals surface area contributed by atoms with E-state index in [1.165, 1.54) is 4.57 Å². The highest BCUT2D eigenvalue weighted by Gasteiger charge is 2.32. The number of benzene rings is 1. The van der Waals surface area contributed by atoms with E-state index in [0.29, 0.717) is 18.8 Å². The first-order valence-corrected chi connectivity index (χ1v) is 11.2. The molecule has 1 aromatic carbocycles. The van der Waals surface area contributed by atoms with Gasteiger partial charge in [-0.3, -0.25) is 0 Å². The minimum absolute atomic E-state index is 0.0740. The van der Waals surface area contributed by atoms with Gasteiger partial charge < -0.3 is 25.4 Å². The molecule has 2 heterocycles. The van der Waals surface area contributed by atoms with E-state index < -0.39 is 17.3 Å². The van der Waals surface area contributed by atoms with Crippen molar-refractivity contribution in [1.29, 1.82) is 0 Å². The lowest BCUT2D eigenvalue weighted by Gasteiger charge is -2.29. The summed E-state index contributed by atoms with van der Waals surface area (Å²) in [6, 6.07) is 7.77. The molecule has 2 aromatic rings. The van der Waals surface area contributed by atoms with Crippen LogP contribution in [0.1, 0.15) is 54.4 Å². The number of carbonyl (C=O) groups excluding carboxylic acids is 2. The van der Waals surface area contributed by atoms with Crippen molar-refractivity contribution in [2.24, 2.45) is 0 Å². The van der Waals surface area contributed by atoms with Crippen LogP contribution in [-0.2, 0) is 9.47 Å². The van der Waals surface area contributed by atoms with Crippen molar-refractivity contribution in [1.82, 2.24) is 14.5 Å². The Bertz CT molecular complexity index is 986. The second-order valence-corrected chi connectivity index (χ2v) is 10.3. The highest BCUT2D eigenvalue weighted by atomic mass is 16.6. The van der Waals surface area contributed by atoms with Crippen LogP contribution in [-0.4, -0.2) is 57.0 Å². The molecule has 3 N–H and O–H groups in total. The molecule has 9 heteroatoms. The number of nitrogens with two attached hydrogens (primary N) is 1. The van der Waals surface area contributed by atoms with Crippen LogP contribution in [0, 0.1) is 0 Å². The molecule has 0 unspecified atom stereocenters. The third-order valence-electron chi connectivity index (χ3n) is 5.05. The van der Waals surface area contributed by atoms with Crippen molar-refractivity contribution in [3.63, 3.8) is 0 Å². The standard InChI is InChI=1S/C24H35N5O4/c1-23(2,3)32-21(30)28-13-7-8-18(28)14-26-17-11-9-16(10-12-17)19-15-29(20(25)27-19)22(31)33-24(4,5)6/h9-12,15,18,26H,7-8,13-14H2,1-6H3,(H2,25,27)/t18-/m0/s1. The third-order valence-corrected chi connectivity index (χ3v) is 5.05. The Hall–Kier alpha value is -3.23. The molecule has 1 atom stereocenters. The molecule has 0 radical (unpaired) electrons. The minimum Gasteiger partial charge on any atom is -0.444 e. The van der Waals surface area contributed by atoms with Crippen LogP contribution in [0.25, 0.3) is 11.3 Å². The summed E-state index contributed by atoms with van der Waals surface area (Å²) in [5.74, 6) is 0.0740. The number of nitrogens with zero attached hydrogens (tertiary/aromatic N) is 3. The Morgan fingerprint density at radius 2 is 1.67 bits per heavy atom. The van der Waals surface area contributed by atoms with Gasteiger partial charge >= 0.3 is 12.2 Å². The normalized spacial score (nSPS) is 16.5. The molecule has 180 valence electrons. The molecule has 3 rings (SSSR count). The van der Waals surface area contributed by atoms with Crippen molar-refractivity contribution >= 4 is 23.8 Å². The number of likely N-dealkylation sites (tertiary alicyclic amines) is 1. The summed E-state index contributed by atoms with van der Waals surface area (Å²) in [4.78, 5) is 30.9. The summed E-state index contributed by atoms with van der Waals surface area (Å²) in [6.07, 6.45) is 2.64. The van der Waals surface area contributed by atoms with Crippen LogP contribution in [0.3, 0.4) is 0 Å². The number of rotatable bonds is 4. The van der Waals surface area contributed by atoms with Crippen molar-refractivity contribution < 1.29 is 19.1 Å². The smallest absolute Gasteiger partial charge is 0.421 e. The van der Waals surface area contributed by atoms with Gasteiger partial charge in [0.1, 0.15) is 11.2 Å². The number of nitrogen functional groups attached to an aromatic ring is 1. The lowest BCUT2D eigenvalue weighted by molar-refractivity contribution is 0.0234. The molecular weight excluding hydrogens is 422 g/mol. The largest absolute Gasteiger partial charge is 0.444 e. The number of ether oxygens (including phenoxy) is 2. The molecule has 9 nitrogen and oxygen atoms in total. The van der Waals surface area contributed by atoms with Gasteiger partial charge in [0.05, 0.1) is 11.7 Å². The average Bonchev–Trinajstić information content (AvgIpc) is 3.31. The fourth-order valence-corrected chi connectivity index (χ4v) is 3.59. The highest BCUT2D eigenvalue weighted by molar-refractivity contribution is 5.77. The molecule has 0 saturated carbocycles. The van der Waals surface area contributed by atoms with E-state index >= 15 is 0 Å². The SMILES string of the molecule is CC(C)(C)OC(=O)N1CCC[C@H]1CNc1ccc(-c2cn(C(=O)OC(C)(C)C)c(N)n2)cc1. The minimum atomic E-state index is -0.625. The number of anilines is 2. The monoisotopic (exact) mass is 457 g/mol. The second-order valence-electron chi connectivity index (χ2n) is 10.3. The zero-order valence-corrected chi connectivity index (χ0v) is 20.3. The Morgan fingerprint density at radius 1 is 1.06 bits per heavy atom. The zero-order valence-electron chi connectivity index (χ0n) is 20.3. The molecule has 1 amide bonds. The van der Waals surface area contributed by atoms with E-state index in [-0.39, 0.29) is 18.1 Å². The fourth-order valence-electron chi connectivity index (χ4n) is 3.59. The van der Waals surface area contributed by atoms with Crippen molar-refractivity contribution in [3.8, 4) is 11.3 Å². The number of amides is 1. The predicted octanol–water partition coefficient (Wildman–Crippen LogP) is 4.73. The van der Waals surface area contributed by atoms with Crippen LogP contribution >= 0.6 is 0 Å². The predicted molar refractivity (Wildman–Crippen MR) is 128 cm³/mol. The van der Waals surface area contributed by atoms with Gasteiger partial charge in [-0.15, -0.1) is 0 Å². The van der Waals surface area contributed by atoms with Gasteiger partial charge in [-0.25, -0.2) is 19.1 Å². The maximum atomic E-state index is 12.5. The molecule has 1 fully saturated rings. The van der Waals surface area contributed by atoms with Gasteiger partial charge in [0.2, 0.25) is 5.95 Å². The van der Waals surface area contributed by atoms with Crippen LogP contribution in [0.15, 0.2) is 30.5 Å². The van der Waals surface area contributed by atoms with E-state index in [9.17, 15) is 9.59 Å². The fraction of sp³-hybridized carbons (Fsp3) is 0.542. The van der Waals surface area contributed by atoms with E-state index in [2.05, 4.69) is 10.3 Å². The summed E-state index contributed by atoms with van der Waals surface area (Å²) in [5, 5.41) is 3.40. The molecule has 1 aromatic heterocycles.